The van der Waals surface area contributed by atoms with Crippen LogP contribution in [0.3, 0.4) is 0 Å². The lowest BCUT2D eigenvalue weighted by atomic mass is 10.1. The van der Waals surface area contributed by atoms with Crippen LogP contribution in [0.25, 0.3) is 0 Å². The number of rotatable bonds is 2. The van der Waals surface area contributed by atoms with Gasteiger partial charge in [0.15, 0.2) is 0 Å². The Hall–Kier alpha value is -0.530. The molecular weight excluding hydrogens is 148 g/mol. The van der Waals surface area contributed by atoms with Crippen molar-refractivity contribution < 1.29 is 0 Å². The molecule has 0 N–H and O–H groups in total. The van der Waals surface area contributed by atoms with E-state index in [-0.39, 0.29) is 0 Å². The van der Waals surface area contributed by atoms with E-state index in [1.54, 1.807) is 0 Å². The van der Waals surface area contributed by atoms with Crippen molar-refractivity contribution in [3.63, 3.8) is 0 Å². The van der Waals surface area contributed by atoms with Crippen molar-refractivity contribution in [3.8, 4) is 0 Å². The Balaban J connectivity index is 2.37. The zero-order valence-electron chi connectivity index (χ0n) is 8.29. The molecule has 2 heteroatoms. The molecule has 70 valence electrons. The van der Waals surface area contributed by atoms with Crippen LogP contribution < -0.4 is 0 Å². The van der Waals surface area contributed by atoms with E-state index in [1.807, 2.05) is 13.4 Å². The SMILES string of the molecule is CN=CN(C)C1CCCCCC1. The van der Waals surface area contributed by atoms with Crippen LogP contribution in [-0.2, 0) is 0 Å². The van der Waals surface area contributed by atoms with E-state index in [1.165, 1.54) is 38.5 Å². The molecule has 1 fully saturated rings. The normalized spacial score (nSPS) is 21.2. The van der Waals surface area contributed by atoms with E-state index in [0.717, 1.165) is 6.04 Å². The molecule has 12 heavy (non-hydrogen) atoms. The molecule has 1 aliphatic rings. The predicted molar refractivity (Wildman–Crippen MR) is 53.7 cm³/mol. The largest absolute Gasteiger partial charge is 0.363 e. The highest BCUT2D eigenvalue weighted by molar-refractivity contribution is 5.54. The molecule has 0 amide bonds. The van der Waals surface area contributed by atoms with Gasteiger partial charge in [-0.1, -0.05) is 25.7 Å². The highest BCUT2D eigenvalue weighted by Gasteiger charge is 2.14. The van der Waals surface area contributed by atoms with E-state index in [9.17, 15) is 0 Å². The maximum atomic E-state index is 4.04. The van der Waals surface area contributed by atoms with Crippen molar-refractivity contribution >= 4 is 6.34 Å². The first-order chi connectivity index (χ1) is 5.84. The van der Waals surface area contributed by atoms with Gasteiger partial charge in [-0.25, -0.2) is 0 Å². The molecule has 0 bridgehead atoms. The van der Waals surface area contributed by atoms with Gasteiger partial charge in [0.25, 0.3) is 0 Å². The zero-order chi connectivity index (χ0) is 8.81. The molecule has 0 radical (unpaired) electrons. The highest BCUT2D eigenvalue weighted by Crippen LogP contribution is 2.19. The Morgan fingerprint density at radius 3 is 2.25 bits per heavy atom. The van der Waals surface area contributed by atoms with Crippen molar-refractivity contribution in [2.75, 3.05) is 14.1 Å². The summed E-state index contributed by atoms with van der Waals surface area (Å²) in [6.45, 7) is 0. The average Bonchev–Trinajstić information content (AvgIpc) is 2.32. The molecule has 0 saturated heterocycles. The van der Waals surface area contributed by atoms with Gasteiger partial charge in [0.2, 0.25) is 0 Å². The van der Waals surface area contributed by atoms with Gasteiger partial charge in [0, 0.05) is 20.1 Å². The molecule has 0 aromatic rings. The fourth-order valence-corrected chi connectivity index (χ4v) is 1.94. The Morgan fingerprint density at radius 1 is 1.17 bits per heavy atom. The number of aliphatic imine (C=N–C) groups is 1. The summed E-state index contributed by atoms with van der Waals surface area (Å²) in [5.41, 5.74) is 0. The van der Waals surface area contributed by atoms with Crippen LogP contribution in [-0.4, -0.2) is 31.4 Å². The van der Waals surface area contributed by atoms with Crippen LogP contribution in [0.1, 0.15) is 38.5 Å². The topological polar surface area (TPSA) is 15.6 Å². The molecule has 0 aliphatic heterocycles. The van der Waals surface area contributed by atoms with Gasteiger partial charge >= 0.3 is 0 Å². The lowest BCUT2D eigenvalue weighted by Gasteiger charge is -2.24. The number of nitrogens with zero attached hydrogens (tertiary/aromatic N) is 2. The van der Waals surface area contributed by atoms with Crippen molar-refractivity contribution in [2.24, 2.45) is 4.99 Å². The molecule has 0 heterocycles. The average molecular weight is 168 g/mol. The molecule has 1 rings (SSSR count). The van der Waals surface area contributed by atoms with Crippen LogP contribution in [0.15, 0.2) is 4.99 Å². The molecule has 2 nitrogen and oxygen atoms in total. The predicted octanol–water partition coefficient (Wildman–Crippen LogP) is 2.30. The van der Waals surface area contributed by atoms with Crippen LogP contribution >= 0.6 is 0 Å². The summed E-state index contributed by atoms with van der Waals surface area (Å²) in [7, 11) is 3.98. The maximum Gasteiger partial charge on any atom is 0.0846 e. The van der Waals surface area contributed by atoms with E-state index < -0.39 is 0 Å². The summed E-state index contributed by atoms with van der Waals surface area (Å²) in [4.78, 5) is 6.31. The maximum absolute atomic E-state index is 4.04. The van der Waals surface area contributed by atoms with Crippen molar-refractivity contribution in [1.82, 2.24) is 4.90 Å². The van der Waals surface area contributed by atoms with E-state index >= 15 is 0 Å². The molecule has 0 aromatic heterocycles. The van der Waals surface area contributed by atoms with Gasteiger partial charge in [0.05, 0.1) is 6.34 Å². The molecule has 0 unspecified atom stereocenters. The van der Waals surface area contributed by atoms with E-state index in [4.69, 9.17) is 0 Å². The fraction of sp³-hybridized carbons (Fsp3) is 0.900. The van der Waals surface area contributed by atoms with Crippen LogP contribution in [0.2, 0.25) is 0 Å². The molecule has 0 spiro atoms. The molecule has 0 aromatic carbocycles. The monoisotopic (exact) mass is 168 g/mol. The van der Waals surface area contributed by atoms with Gasteiger partial charge < -0.3 is 4.90 Å². The summed E-state index contributed by atoms with van der Waals surface area (Å²) >= 11 is 0. The highest BCUT2D eigenvalue weighted by atomic mass is 15.1. The first-order valence-electron chi connectivity index (χ1n) is 4.99. The Labute approximate surface area is 75.7 Å². The molecular formula is C10H20N2. The lowest BCUT2D eigenvalue weighted by Crippen LogP contribution is -2.29. The minimum atomic E-state index is 0.746. The number of hydrogen-bond acceptors (Lipinski definition) is 1. The second-order valence-corrected chi connectivity index (χ2v) is 3.68. The fourth-order valence-electron chi connectivity index (χ4n) is 1.94. The van der Waals surface area contributed by atoms with Gasteiger partial charge in [-0.15, -0.1) is 0 Å². The van der Waals surface area contributed by atoms with Crippen molar-refractivity contribution in [2.45, 2.75) is 44.6 Å². The smallest absolute Gasteiger partial charge is 0.0846 e. The Bertz CT molecular complexity index is 135. The summed E-state index contributed by atoms with van der Waals surface area (Å²) in [5, 5.41) is 0. The third-order valence-electron chi connectivity index (χ3n) is 2.70. The van der Waals surface area contributed by atoms with E-state index in [2.05, 4.69) is 16.9 Å². The third kappa shape index (κ3) is 2.84. The molecule has 1 aliphatic carbocycles. The lowest BCUT2D eigenvalue weighted by molar-refractivity contribution is 0.338. The van der Waals surface area contributed by atoms with Gasteiger partial charge in [-0.05, 0) is 12.8 Å². The second-order valence-electron chi connectivity index (χ2n) is 3.68. The Kier molecular flexibility index (Phi) is 4.12. The van der Waals surface area contributed by atoms with Crippen molar-refractivity contribution in [1.29, 1.82) is 0 Å². The minimum absolute atomic E-state index is 0.746. The molecule has 1 saturated carbocycles. The summed E-state index contributed by atoms with van der Waals surface area (Å²) in [5.74, 6) is 0. The van der Waals surface area contributed by atoms with Gasteiger partial charge in [-0.2, -0.15) is 0 Å². The first kappa shape index (κ1) is 9.56. The zero-order valence-corrected chi connectivity index (χ0v) is 8.29. The minimum Gasteiger partial charge on any atom is -0.363 e. The van der Waals surface area contributed by atoms with Crippen molar-refractivity contribution in [3.05, 3.63) is 0 Å². The standard InChI is InChI=1S/C10H20N2/c1-11-9-12(2)10-7-5-3-4-6-8-10/h9-10H,3-8H2,1-2H3. The van der Waals surface area contributed by atoms with Crippen LogP contribution in [0.4, 0.5) is 0 Å². The summed E-state index contributed by atoms with van der Waals surface area (Å²) in [6, 6.07) is 0.746. The third-order valence-corrected chi connectivity index (χ3v) is 2.70. The Morgan fingerprint density at radius 2 is 1.75 bits per heavy atom. The second kappa shape index (κ2) is 5.18. The summed E-state index contributed by atoms with van der Waals surface area (Å²) in [6.07, 6.45) is 10.3. The van der Waals surface area contributed by atoms with E-state index in [0.29, 0.717) is 0 Å². The summed E-state index contributed by atoms with van der Waals surface area (Å²) < 4.78 is 0. The van der Waals surface area contributed by atoms with Crippen LogP contribution in [0, 0.1) is 0 Å². The first-order valence-corrected chi connectivity index (χ1v) is 4.99. The molecule has 0 atom stereocenters. The quantitative estimate of drug-likeness (QED) is 0.351. The van der Waals surface area contributed by atoms with Gasteiger partial charge in [0.1, 0.15) is 0 Å². The number of hydrogen-bond donors (Lipinski definition) is 0. The van der Waals surface area contributed by atoms with Crippen LogP contribution in [0.5, 0.6) is 0 Å². The van der Waals surface area contributed by atoms with Gasteiger partial charge in [-0.3, -0.25) is 4.99 Å².